The lowest BCUT2D eigenvalue weighted by Gasteiger charge is -2.37. The van der Waals surface area contributed by atoms with Gasteiger partial charge >= 0.3 is 0 Å². The van der Waals surface area contributed by atoms with E-state index < -0.39 is 5.41 Å². The van der Waals surface area contributed by atoms with Gasteiger partial charge in [-0.25, -0.2) is 0 Å². The average Bonchev–Trinajstić information content (AvgIpc) is 2.26. The van der Waals surface area contributed by atoms with Crippen LogP contribution in [0, 0.1) is 0 Å². The number of amides is 1. The number of rotatable bonds is 1. The maximum absolute atomic E-state index is 12.1. The molecule has 2 rings (SSSR count). The first-order valence-corrected chi connectivity index (χ1v) is 5.40. The Bertz CT molecular complexity index is 438. The number of fused-ring (bicyclic) bond motifs is 1. The number of ether oxygens (including phenoxy) is 1. The molecule has 0 N–H and O–H groups in total. The standard InChI is InChI=1S/C13H17NO2/c1-13(2)11-6-5-10(16-4)7-9(11)8-14(3)12(13)15/h5-7H,8H2,1-4H3. The molecule has 0 unspecified atom stereocenters. The molecular weight excluding hydrogens is 202 g/mol. The van der Waals surface area contributed by atoms with Crippen LogP contribution in [0.4, 0.5) is 0 Å². The molecule has 0 aromatic heterocycles. The van der Waals surface area contributed by atoms with Crippen molar-refractivity contribution in [3.8, 4) is 5.75 Å². The molecule has 16 heavy (non-hydrogen) atoms. The van der Waals surface area contributed by atoms with E-state index in [2.05, 4.69) is 0 Å². The molecule has 1 aliphatic heterocycles. The minimum Gasteiger partial charge on any atom is -0.497 e. The van der Waals surface area contributed by atoms with Gasteiger partial charge in [0.05, 0.1) is 12.5 Å². The molecule has 1 aromatic carbocycles. The quantitative estimate of drug-likeness (QED) is 0.722. The van der Waals surface area contributed by atoms with Crippen molar-refractivity contribution in [3.05, 3.63) is 29.3 Å². The highest BCUT2D eigenvalue weighted by Crippen LogP contribution is 2.35. The maximum atomic E-state index is 12.1. The van der Waals surface area contributed by atoms with Crippen molar-refractivity contribution in [2.75, 3.05) is 14.2 Å². The lowest BCUT2D eigenvalue weighted by Crippen LogP contribution is -2.45. The predicted octanol–water partition coefficient (Wildman–Crippen LogP) is 1.94. The predicted molar refractivity (Wildman–Crippen MR) is 62.5 cm³/mol. The zero-order valence-electron chi connectivity index (χ0n) is 10.2. The minimum absolute atomic E-state index is 0.171. The van der Waals surface area contributed by atoms with Gasteiger partial charge in [0.15, 0.2) is 0 Å². The smallest absolute Gasteiger partial charge is 0.232 e. The topological polar surface area (TPSA) is 29.5 Å². The number of benzene rings is 1. The van der Waals surface area contributed by atoms with Gasteiger partial charge < -0.3 is 9.64 Å². The summed E-state index contributed by atoms with van der Waals surface area (Å²) in [6.07, 6.45) is 0. The molecular formula is C13H17NO2. The van der Waals surface area contributed by atoms with E-state index in [-0.39, 0.29) is 5.91 Å². The lowest BCUT2D eigenvalue weighted by atomic mass is 9.77. The average molecular weight is 219 g/mol. The summed E-state index contributed by atoms with van der Waals surface area (Å²) in [7, 11) is 3.50. The fourth-order valence-electron chi connectivity index (χ4n) is 2.36. The van der Waals surface area contributed by atoms with Crippen molar-refractivity contribution in [3.63, 3.8) is 0 Å². The van der Waals surface area contributed by atoms with E-state index in [0.29, 0.717) is 6.54 Å². The second kappa shape index (κ2) is 3.51. The molecule has 1 aromatic rings. The first-order chi connectivity index (χ1) is 7.46. The van der Waals surface area contributed by atoms with Gasteiger partial charge in [-0.15, -0.1) is 0 Å². The van der Waals surface area contributed by atoms with E-state index in [1.54, 1.807) is 12.0 Å². The number of hydrogen-bond acceptors (Lipinski definition) is 2. The summed E-state index contributed by atoms with van der Waals surface area (Å²) in [5.41, 5.74) is 1.84. The Morgan fingerprint density at radius 3 is 2.69 bits per heavy atom. The highest BCUT2D eigenvalue weighted by molar-refractivity contribution is 5.89. The number of likely N-dealkylation sites (N-methyl/N-ethyl adjacent to an activating group) is 1. The van der Waals surface area contributed by atoms with Crippen LogP contribution in [0.2, 0.25) is 0 Å². The largest absolute Gasteiger partial charge is 0.497 e. The van der Waals surface area contributed by atoms with Crippen LogP contribution in [0.3, 0.4) is 0 Å². The monoisotopic (exact) mass is 219 g/mol. The highest BCUT2D eigenvalue weighted by atomic mass is 16.5. The summed E-state index contributed by atoms with van der Waals surface area (Å²) in [5.74, 6) is 1.02. The normalized spacial score (nSPS) is 18.2. The molecule has 1 aliphatic rings. The number of carbonyl (C=O) groups excluding carboxylic acids is 1. The van der Waals surface area contributed by atoms with Crippen LogP contribution >= 0.6 is 0 Å². The van der Waals surface area contributed by atoms with E-state index in [9.17, 15) is 4.79 Å². The number of hydrogen-bond donors (Lipinski definition) is 0. The summed E-state index contributed by atoms with van der Waals surface area (Å²) < 4.78 is 5.21. The van der Waals surface area contributed by atoms with E-state index in [1.807, 2.05) is 39.1 Å². The fraction of sp³-hybridized carbons (Fsp3) is 0.462. The molecule has 1 heterocycles. The fourth-order valence-corrected chi connectivity index (χ4v) is 2.36. The van der Waals surface area contributed by atoms with Gasteiger partial charge in [0.1, 0.15) is 5.75 Å². The first-order valence-electron chi connectivity index (χ1n) is 5.40. The molecule has 0 fully saturated rings. The van der Waals surface area contributed by atoms with E-state index in [1.165, 1.54) is 5.56 Å². The van der Waals surface area contributed by atoms with E-state index in [4.69, 9.17) is 4.74 Å². The molecule has 0 atom stereocenters. The molecule has 0 radical (unpaired) electrons. The van der Waals surface area contributed by atoms with Crippen molar-refractivity contribution in [1.29, 1.82) is 0 Å². The van der Waals surface area contributed by atoms with Gasteiger partial charge in [-0.1, -0.05) is 6.07 Å². The Balaban J connectivity index is 2.55. The van der Waals surface area contributed by atoms with Crippen LogP contribution in [0.25, 0.3) is 0 Å². The Kier molecular flexibility index (Phi) is 2.41. The summed E-state index contributed by atoms with van der Waals surface area (Å²) in [5, 5.41) is 0. The van der Waals surface area contributed by atoms with Crippen LogP contribution in [-0.4, -0.2) is 25.0 Å². The highest BCUT2D eigenvalue weighted by Gasteiger charge is 2.38. The third kappa shape index (κ3) is 1.47. The van der Waals surface area contributed by atoms with Crippen LogP contribution in [0.1, 0.15) is 25.0 Å². The van der Waals surface area contributed by atoms with Gasteiger partial charge in [0.25, 0.3) is 0 Å². The SMILES string of the molecule is COc1ccc2c(c1)CN(C)C(=O)C2(C)C. The van der Waals surface area contributed by atoms with Crippen LogP contribution in [0.15, 0.2) is 18.2 Å². The van der Waals surface area contributed by atoms with Crippen molar-refractivity contribution < 1.29 is 9.53 Å². The van der Waals surface area contributed by atoms with E-state index in [0.717, 1.165) is 11.3 Å². The Morgan fingerprint density at radius 2 is 2.06 bits per heavy atom. The first kappa shape index (κ1) is 11.0. The molecule has 0 saturated carbocycles. The number of methoxy groups -OCH3 is 1. The van der Waals surface area contributed by atoms with Gasteiger partial charge in [0, 0.05) is 13.6 Å². The number of nitrogens with zero attached hydrogens (tertiary/aromatic N) is 1. The Hall–Kier alpha value is -1.51. The third-order valence-corrected chi connectivity index (χ3v) is 3.27. The second-order valence-corrected chi connectivity index (χ2v) is 4.81. The van der Waals surface area contributed by atoms with Gasteiger partial charge in [-0.3, -0.25) is 4.79 Å². The zero-order valence-corrected chi connectivity index (χ0v) is 10.2. The molecule has 0 saturated heterocycles. The molecule has 3 nitrogen and oxygen atoms in total. The second-order valence-electron chi connectivity index (χ2n) is 4.81. The van der Waals surface area contributed by atoms with Crippen molar-refractivity contribution in [2.24, 2.45) is 0 Å². The zero-order chi connectivity index (χ0) is 11.9. The van der Waals surface area contributed by atoms with Crippen LogP contribution in [0.5, 0.6) is 5.75 Å². The Morgan fingerprint density at radius 1 is 1.38 bits per heavy atom. The van der Waals surface area contributed by atoms with Gasteiger partial charge in [-0.05, 0) is 37.1 Å². The molecule has 1 amide bonds. The van der Waals surface area contributed by atoms with Crippen molar-refractivity contribution in [1.82, 2.24) is 4.90 Å². The molecule has 0 spiro atoms. The molecule has 3 heteroatoms. The summed E-state index contributed by atoms with van der Waals surface area (Å²) in [6, 6.07) is 5.93. The third-order valence-electron chi connectivity index (χ3n) is 3.27. The summed E-state index contributed by atoms with van der Waals surface area (Å²) in [4.78, 5) is 13.8. The van der Waals surface area contributed by atoms with Crippen molar-refractivity contribution in [2.45, 2.75) is 25.8 Å². The van der Waals surface area contributed by atoms with E-state index >= 15 is 0 Å². The summed E-state index contributed by atoms with van der Waals surface area (Å²) in [6.45, 7) is 4.60. The minimum atomic E-state index is -0.436. The van der Waals surface area contributed by atoms with Crippen LogP contribution < -0.4 is 4.74 Å². The lowest BCUT2D eigenvalue weighted by molar-refractivity contribution is -0.136. The summed E-state index contributed by atoms with van der Waals surface area (Å²) >= 11 is 0. The molecule has 0 bridgehead atoms. The number of carbonyl (C=O) groups is 1. The van der Waals surface area contributed by atoms with Gasteiger partial charge in [0.2, 0.25) is 5.91 Å². The van der Waals surface area contributed by atoms with Gasteiger partial charge in [-0.2, -0.15) is 0 Å². The maximum Gasteiger partial charge on any atom is 0.232 e. The van der Waals surface area contributed by atoms with Crippen molar-refractivity contribution >= 4 is 5.91 Å². The van der Waals surface area contributed by atoms with Crippen LogP contribution in [-0.2, 0) is 16.8 Å². The molecule has 86 valence electrons. The Labute approximate surface area is 96.0 Å². The molecule has 0 aliphatic carbocycles.